The highest BCUT2D eigenvalue weighted by atomic mass is 16.5. The molecule has 0 spiro atoms. The molecule has 19 heavy (non-hydrogen) atoms. The summed E-state index contributed by atoms with van der Waals surface area (Å²) in [6.07, 6.45) is 8.79. The first-order chi connectivity index (χ1) is 9.33. The van der Waals surface area contributed by atoms with Crippen LogP contribution in [0.15, 0.2) is 36.9 Å². The molecule has 2 heterocycles. The molecule has 0 aromatic carbocycles. The molecule has 100 valence electrons. The molecule has 1 atom stereocenters. The normalized spacial score (nSPS) is 12.1. The van der Waals surface area contributed by atoms with Gasteiger partial charge in [0.15, 0.2) is 0 Å². The number of pyridine rings is 1. The number of nitrogens with one attached hydrogen (secondary N) is 1. The van der Waals surface area contributed by atoms with Gasteiger partial charge in [-0.1, -0.05) is 0 Å². The van der Waals surface area contributed by atoms with Crippen LogP contribution in [0.5, 0.6) is 6.01 Å². The van der Waals surface area contributed by atoms with E-state index in [9.17, 15) is 0 Å². The van der Waals surface area contributed by atoms with Crippen LogP contribution in [0.2, 0.25) is 0 Å². The van der Waals surface area contributed by atoms with Crippen molar-refractivity contribution in [3.63, 3.8) is 0 Å². The van der Waals surface area contributed by atoms with E-state index in [4.69, 9.17) is 10.6 Å². The van der Waals surface area contributed by atoms with Gasteiger partial charge in [-0.2, -0.15) is 0 Å². The summed E-state index contributed by atoms with van der Waals surface area (Å²) in [6.45, 7) is 0. The second-order valence-corrected chi connectivity index (χ2v) is 4.12. The zero-order valence-electron chi connectivity index (χ0n) is 10.8. The third kappa shape index (κ3) is 3.70. The van der Waals surface area contributed by atoms with Crippen molar-refractivity contribution in [3.05, 3.63) is 48.0 Å². The van der Waals surface area contributed by atoms with Gasteiger partial charge >= 0.3 is 6.01 Å². The molecule has 1 unspecified atom stereocenters. The highest BCUT2D eigenvalue weighted by molar-refractivity contribution is 5.15. The standard InChI is InChI=1S/C13H17N5O/c1-19-13-16-8-11(9-17-13)12(18-14)3-2-10-4-6-15-7-5-10/h4-9,12,18H,2-3,14H2,1H3. The summed E-state index contributed by atoms with van der Waals surface area (Å²) in [5.41, 5.74) is 4.96. The summed E-state index contributed by atoms with van der Waals surface area (Å²) in [7, 11) is 1.54. The van der Waals surface area contributed by atoms with Gasteiger partial charge in [0.05, 0.1) is 7.11 Å². The number of rotatable bonds is 6. The molecule has 0 saturated carbocycles. The molecule has 0 aliphatic carbocycles. The van der Waals surface area contributed by atoms with E-state index in [-0.39, 0.29) is 6.04 Å². The number of nitrogens with zero attached hydrogens (tertiary/aromatic N) is 3. The van der Waals surface area contributed by atoms with Crippen molar-refractivity contribution in [2.45, 2.75) is 18.9 Å². The number of aryl methyl sites for hydroxylation is 1. The molecule has 6 nitrogen and oxygen atoms in total. The molecule has 0 bridgehead atoms. The van der Waals surface area contributed by atoms with Gasteiger partial charge in [-0.25, -0.2) is 9.97 Å². The maximum absolute atomic E-state index is 5.59. The van der Waals surface area contributed by atoms with E-state index in [1.807, 2.05) is 12.1 Å². The maximum atomic E-state index is 5.59. The van der Waals surface area contributed by atoms with Gasteiger partial charge in [-0.15, -0.1) is 0 Å². The zero-order chi connectivity index (χ0) is 13.5. The van der Waals surface area contributed by atoms with Gasteiger partial charge in [0.2, 0.25) is 0 Å². The first-order valence-corrected chi connectivity index (χ1v) is 6.04. The zero-order valence-corrected chi connectivity index (χ0v) is 10.8. The number of nitrogens with two attached hydrogens (primary N) is 1. The lowest BCUT2D eigenvalue weighted by atomic mass is 10.0. The first kappa shape index (κ1) is 13.4. The summed E-state index contributed by atoms with van der Waals surface area (Å²) in [6, 6.07) is 4.36. The molecule has 2 aromatic heterocycles. The number of hydrogen-bond acceptors (Lipinski definition) is 6. The summed E-state index contributed by atoms with van der Waals surface area (Å²) >= 11 is 0. The first-order valence-electron chi connectivity index (χ1n) is 6.04. The average molecular weight is 259 g/mol. The predicted octanol–water partition coefficient (Wildman–Crippen LogP) is 1.02. The van der Waals surface area contributed by atoms with Crippen LogP contribution < -0.4 is 16.0 Å². The minimum Gasteiger partial charge on any atom is -0.467 e. The van der Waals surface area contributed by atoms with Crippen LogP contribution in [0.4, 0.5) is 0 Å². The van der Waals surface area contributed by atoms with Crippen LogP contribution in [0, 0.1) is 0 Å². The monoisotopic (exact) mass is 259 g/mol. The minimum atomic E-state index is 0.0130. The van der Waals surface area contributed by atoms with Crippen LogP contribution in [-0.2, 0) is 6.42 Å². The lowest BCUT2D eigenvalue weighted by molar-refractivity contribution is 0.378. The smallest absolute Gasteiger partial charge is 0.316 e. The quantitative estimate of drug-likeness (QED) is 0.595. The Hall–Kier alpha value is -2.05. The number of ether oxygens (including phenoxy) is 1. The Morgan fingerprint density at radius 3 is 2.53 bits per heavy atom. The second kappa shape index (κ2) is 6.77. The Balaban J connectivity index is 1.99. The molecular weight excluding hydrogens is 242 g/mol. The third-order valence-corrected chi connectivity index (χ3v) is 2.91. The van der Waals surface area contributed by atoms with Crippen molar-refractivity contribution in [2.24, 2.45) is 5.84 Å². The number of aromatic nitrogens is 3. The molecule has 0 aliphatic rings. The number of methoxy groups -OCH3 is 1. The molecule has 0 aliphatic heterocycles. The van der Waals surface area contributed by atoms with Crippen molar-refractivity contribution in [3.8, 4) is 6.01 Å². The van der Waals surface area contributed by atoms with Crippen LogP contribution in [0.25, 0.3) is 0 Å². The topological polar surface area (TPSA) is 86.0 Å². The molecule has 2 rings (SSSR count). The Kier molecular flexibility index (Phi) is 4.77. The molecule has 0 amide bonds. The predicted molar refractivity (Wildman–Crippen MR) is 71.2 cm³/mol. The van der Waals surface area contributed by atoms with E-state index < -0.39 is 0 Å². The fraction of sp³-hybridized carbons (Fsp3) is 0.308. The molecule has 0 saturated heterocycles. The molecule has 3 N–H and O–H groups in total. The van der Waals surface area contributed by atoms with E-state index in [0.717, 1.165) is 18.4 Å². The van der Waals surface area contributed by atoms with E-state index in [0.29, 0.717) is 6.01 Å². The van der Waals surface area contributed by atoms with Crippen LogP contribution in [0.3, 0.4) is 0 Å². The van der Waals surface area contributed by atoms with Crippen LogP contribution >= 0.6 is 0 Å². The average Bonchev–Trinajstić information content (AvgIpc) is 2.49. The van der Waals surface area contributed by atoms with Gasteiger partial charge in [-0.3, -0.25) is 16.3 Å². The lowest BCUT2D eigenvalue weighted by Crippen LogP contribution is -2.28. The van der Waals surface area contributed by atoms with Gasteiger partial charge in [-0.05, 0) is 30.5 Å². The van der Waals surface area contributed by atoms with Crippen molar-refractivity contribution in [1.29, 1.82) is 0 Å². The fourth-order valence-electron chi connectivity index (χ4n) is 1.82. The van der Waals surface area contributed by atoms with E-state index >= 15 is 0 Å². The summed E-state index contributed by atoms with van der Waals surface area (Å²) < 4.78 is 4.93. The molecule has 2 aromatic rings. The molecule has 0 fully saturated rings. The van der Waals surface area contributed by atoms with E-state index in [2.05, 4.69) is 20.4 Å². The Bertz CT molecular complexity index is 488. The highest BCUT2D eigenvalue weighted by Crippen LogP contribution is 2.17. The van der Waals surface area contributed by atoms with Crippen LogP contribution in [0.1, 0.15) is 23.6 Å². The van der Waals surface area contributed by atoms with Gasteiger partial charge in [0, 0.05) is 36.4 Å². The molecule has 6 heteroatoms. The maximum Gasteiger partial charge on any atom is 0.316 e. The van der Waals surface area contributed by atoms with Crippen LogP contribution in [-0.4, -0.2) is 22.1 Å². The highest BCUT2D eigenvalue weighted by Gasteiger charge is 2.11. The van der Waals surface area contributed by atoms with Crippen molar-refractivity contribution in [2.75, 3.05) is 7.11 Å². The van der Waals surface area contributed by atoms with Gasteiger partial charge in [0.25, 0.3) is 0 Å². The number of hydrazine groups is 1. The van der Waals surface area contributed by atoms with E-state index in [1.165, 1.54) is 12.7 Å². The van der Waals surface area contributed by atoms with Crippen molar-refractivity contribution in [1.82, 2.24) is 20.4 Å². The summed E-state index contributed by atoms with van der Waals surface area (Å²) in [5, 5.41) is 0. The largest absolute Gasteiger partial charge is 0.467 e. The van der Waals surface area contributed by atoms with Crippen molar-refractivity contribution < 1.29 is 4.74 Å². The minimum absolute atomic E-state index is 0.0130. The fourth-order valence-corrected chi connectivity index (χ4v) is 1.82. The van der Waals surface area contributed by atoms with E-state index in [1.54, 1.807) is 24.8 Å². The second-order valence-electron chi connectivity index (χ2n) is 4.12. The SMILES string of the molecule is COc1ncc(C(CCc2ccncc2)NN)cn1. The molecule has 0 radical (unpaired) electrons. The summed E-state index contributed by atoms with van der Waals surface area (Å²) in [5.74, 6) is 5.59. The lowest BCUT2D eigenvalue weighted by Gasteiger charge is -2.15. The third-order valence-electron chi connectivity index (χ3n) is 2.91. The Morgan fingerprint density at radius 2 is 1.95 bits per heavy atom. The number of hydrogen-bond donors (Lipinski definition) is 2. The Morgan fingerprint density at radius 1 is 1.26 bits per heavy atom. The Labute approximate surface area is 112 Å². The van der Waals surface area contributed by atoms with Gasteiger partial charge < -0.3 is 4.74 Å². The molecular formula is C13H17N5O. The van der Waals surface area contributed by atoms with Crippen molar-refractivity contribution >= 4 is 0 Å². The van der Waals surface area contributed by atoms with Gasteiger partial charge in [0.1, 0.15) is 0 Å². The summed E-state index contributed by atoms with van der Waals surface area (Å²) in [4.78, 5) is 12.2.